The Hall–Kier alpha value is -0.650. The first kappa shape index (κ1) is 14.4. The van der Waals surface area contributed by atoms with Crippen molar-refractivity contribution in [3.8, 4) is 0 Å². The Labute approximate surface area is 103 Å². The molecule has 17 heavy (non-hydrogen) atoms. The summed E-state index contributed by atoms with van der Waals surface area (Å²) in [6.07, 6.45) is 3.14. The van der Waals surface area contributed by atoms with E-state index in [-0.39, 0.29) is 12.0 Å². The van der Waals surface area contributed by atoms with Gasteiger partial charge in [-0.3, -0.25) is 4.79 Å². The van der Waals surface area contributed by atoms with Crippen LogP contribution in [0.5, 0.6) is 0 Å². The highest BCUT2D eigenvalue weighted by Gasteiger charge is 2.36. The van der Waals surface area contributed by atoms with Crippen LogP contribution in [0.15, 0.2) is 0 Å². The van der Waals surface area contributed by atoms with Crippen LogP contribution in [0.1, 0.15) is 19.3 Å². The fourth-order valence-corrected chi connectivity index (χ4v) is 1.68. The molecule has 1 N–H and O–H groups in total. The summed E-state index contributed by atoms with van der Waals surface area (Å²) in [5.74, 6) is 0.324. The van der Waals surface area contributed by atoms with Crippen molar-refractivity contribution < 1.29 is 19.0 Å². The molecule has 0 aliphatic heterocycles. The summed E-state index contributed by atoms with van der Waals surface area (Å²) in [4.78, 5) is 11.5. The number of methoxy groups -OCH3 is 2. The van der Waals surface area contributed by atoms with Gasteiger partial charge in [0.05, 0.1) is 20.3 Å². The Balaban J connectivity index is 2.01. The van der Waals surface area contributed by atoms with Crippen molar-refractivity contribution in [1.82, 2.24) is 5.32 Å². The zero-order valence-electron chi connectivity index (χ0n) is 10.7. The van der Waals surface area contributed by atoms with Gasteiger partial charge in [-0.05, 0) is 31.7 Å². The van der Waals surface area contributed by atoms with Gasteiger partial charge >= 0.3 is 5.97 Å². The lowest BCUT2D eigenvalue weighted by molar-refractivity contribution is -0.143. The van der Waals surface area contributed by atoms with Crippen molar-refractivity contribution >= 4 is 5.97 Å². The molecule has 1 aliphatic carbocycles. The van der Waals surface area contributed by atoms with E-state index in [1.807, 2.05) is 0 Å². The highest BCUT2D eigenvalue weighted by atomic mass is 16.5. The highest BCUT2D eigenvalue weighted by molar-refractivity contribution is 5.76. The Morgan fingerprint density at radius 2 is 2.06 bits per heavy atom. The molecule has 0 saturated heterocycles. The molecule has 0 heterocycles. The summed E-state index contributed by atoms with van der Waals surface area (Å²) < 4.78 is 15.0. The molecule has 0 radical (unpaired) electrons. The molecule has 0 aromatic rings. The quantitative estimate of drug-likeness (QED) is 0.451. The number of carbonyl (C=O) groups is 1. The van der Waals surface area contributed by atoms with Crippen LogP contribution in [-0.4, -0.2) is 52.6 Å². The van der Waals surface area contributed by atoms with Gasteiger partial charge in [0.2, 0.25) is 0 Å². The van der Waals surface area contributed by atoms with Crippen LogP contribution in [-0.2, 0) is 19.0 Å². The van der Waals surface area contributed by atoms with Crippen molar-refractivity contribution in [2.75, 3.05) is 40.6 Å². The van der Waals surface area contributed by atoms with Gasteiger partial charge in [0.1, 0.15) is 6.04 Å². The maximum absolute atomic E-state index is 11.5. The first-order valence-corrected chi connectivity index (χ1v) is 6.17. The molecule has 5 nitrogen and oxygen atoms in total. The molecule has 5 heteroatoms. The van der Waals surface area contributed by atoms with Gasteiger partial charge in [0, 0.05) is 13.7 Å². The summed E-state index contributed by atoms with van der Waals surface area (Å²) >= 11 is 0. The molecule has 0 amide bonds. The second-order valence-electron chi connectivity index (χ2n) is 4.25. The molecule has 1 rings (SSSR count). The van der Waals surface area contributed by atoms with Crippen LogP contribution in [0.3, 0.4) is 0 Å². The second-order valence-corrected chi connectivity index (χ2v) is 4.25. The zero-order valence-corrected chi connectivity index (χ0v) is 10.7. The van der Waals surface area contributed by atoms with Gasteiger partial charge in [-0.2, -0.15) is 0 Å². The lowest BCUT2D eigenvalue weighted by atomic mass is 10.2. The Kier molecular flexibility index (Phi) is 7.16. The summed E-state index contributed by atoms with van der Waals surface area (Å²) in [5.41, 5.74) is 0. The summed E-state index contributed by atoms with van der Waals surface area (Å²) in [6, 6.07) is -0.126. The number of esters is 1. The average Bonchev–Trinajstić information content (AvgIpc) is 3.16. The van der Waals surface area contributed by atoms with Gasteiger partial charge in [0.15, 0.2) is 0 Å². The van der Waals surface area contributed by atoms with Gasteiger partial charge in [-0.1, -0.05) is 0 Å². The van der Waals surface area contributed by atoms with E-state index in [4.69, 9.17) is 14.2 Å². The first-order valence-electron chi connectivity index (χ1n) is 6.17. The lowest BCUT2D eigenvalue weighted by Crippen LogP contribution is -2.40. The van der Waals surface area contributed by atoms with Crippen LogP contribution >= 0.6 is 0 Å². The van der Waals surface area contributed by atoms with E-state index in [1.54, 1.807) is 7.11 Å². The van der Waals surface area contributed by atoms with E-state index in [2.05, 4.69) is 5.32 Å². The monoisotopic (exact) mass is 245 g/mol. The molecular formula is C12H23NO4. The second kappa shape index (κ2) is 8.44. The molecular weight excluding hydrogens is 222 g/mol. The van der Waals surface area contributed by atoms with Crippen molar-refractivity contribution in [1.29, 1.82) is 0 Å². The van der Waals surface area contributed by atoms with Crippen molar-refractivity contribution in [2.45, 2.75) is 25.3 Å². The van der Waals surface area contributed by atoms with Crippen LogP contribution in [0, 0.1) is 5.92 Å². The number of hydrogen-bond acceptors (Lipinski definition) is 5. The average molecular weight is 245 g/mol. The molecule has 0 spiro atoms. The number of carbonyl (C=O) groups excluding carboxylic acids is 1. The molecule has 1 saturated carbocycles. The normalized spacial score (nSPS) is 16.8. The third-order valence-electron chi connectivity index (χ3n) is 2.81. The van der Waals surface area contributed by atoms with Gasteiger partial charge in [0.25, 0.3) is 0 Å². The summed E-state index contributed by atoms with van der Waals surface area (Å²) in [7, 11) is 3.09. The number of nitrogens with one attached hydrogen (secondary N) is 1. The third kappa shape index (κ3) is 6.00. The van der Waals surface area contributed by atoms with Gasteiger partial charge in [-0.25, -0.2) is 0 Å². The van der Waals surface area contributed by atoms with E-state index >= 15 is 0 Å². The zero-order chi connectivity index (χ0) is 12.5. The molecule has 1 fully saturated rings. The van der Waals surface area contributed by atoms with Gasteiger partial charge < -0.3 is 19.5 Å². The maximum atomic E-state index is 11.5. The molecule has 0 aromatic carbocycles. The van der Waals surface area contributed by atoms with Crippen molar-refractivity contribution in [2.24, 2.45) is 5.92 Å². The van der Waals surface area contributed by atoms with E-state index in [1.165, 1.54) is 7.11 Å². The largest absolute Gasteiger partial charge is 0.468 e. The predicted octanol–water partition coefficient (Wildman–Crippen LogP) is 0.581. The Morgan fingerprint density at radius 1 is 1.29 bits per heavy atom. The predicted molar refractivity (Wildman–Crippen MR) is 63.8 cm³/mol. The van der Waals surface area contributed by atoms with Crippen LogP contribution < -0.4 is 5.32 Å². The van der Waals surface area contributed by atoms with E-state index in [0.717, 1.165) is 25.8 Å². The molecule has 100 valence electrons. The maximum Gasteiger partial charge on any atom is 0.323 e. The molecule has 1 unspecified atom stereocenters. The molecule has 1 aliphatic rings. The minimum atomic E-state index is -0.146. The third-order valence-corrected chi connectivity index (χ3v) is 2.81. The minimum Gasteiger partial charge on any atom is -0.468 e. The fraction of sp³-hybridized carbons (Fsp3) is 0.917. The van der Waals surface area contributed by atoms with E-state index < -0.39 is 0 Å². The summed E-state index contributed by atoms with van der Waals surface area (Å²) in [5, 5.41) is 3.24. The first-order chi connectivity index (χ1) is 8.29. The number of ether oxygens (including phenoxy) is 3. The molecule has 0 aromatic heterocycles. The minimum absolute atomic E-state index is 0.126. The van der Waals surface area contributed by atoms with Gasteiger partial charge in [-0.15, -0.1) is 0 Å². The van der Waals surface area contributed by atoms with Crippen molar-refractivity contribution in [3.63, 3.8) is 0 Å². The van der Waals surface area contributed by atoms with E-state index in [0.29, 0.717) is 25.7 Å². The highest BCUT2D eigenvalue weighted by Crippen LogP contribution is 2.33. The van der Waals surface area contributed by atoms with Crippen LogP contribution in [0.2, 0.25) is 0 Å². The van der Waals surface area contributed by atoms with E-state index in [9.17, 15) is 4.79 Å². The topological polar surface area (TPSA) is 56.8 Å². The molecule has 1 atom stereocenters. The Bertz CT molecular complexity index is 219. The van der Waals surface area contributed by atoms with Crippen LogP contribution in [0.4, 0.5) is 0 Å². The van der Waals surface area contributed by atoms with Crippen molar-refractivity contribution in [3.05, 3.63) is 0 Å². The number of hydrogen-bond donors (Lipinski definition) is 1. The SMILES string of the molecule is COCCOCCCNC(C(=O)OC)C1CC1. The lowest BCUT2D eigenvalue weighted by Gasteiger charge is -2.15. The standard InChI is InChI=1S/C12H23NO4/c1-15-8-9-17-7-3-6-13-11(10-4-5-10)12(14)16-2/h10-11,13H,3-9H2,1-2H3. The number of rotatable bonds is 10. The van der Waals surface area contributed by atoms with Crippen LogP contribution in [0.25, 0.3) is 0 Å². The molecule has 0 bridgehead atoms. The Morgan fingerprint density at radius 3 is 2.65 bits per heavy atom. The smallest absolute Gasteiger partial charge is 0.323 e. The summed E-state index contributed by atoms with van der Waals surface area (Å²) in [6.45, 7) is 2.72. The fourth-order valence-electron chi connectivity index (χ4n) is 1.68.